The molecule has 6 nitrogen and oxygen atoms in total. The van der Waals surface area contributed by atoms with Gasteiger partial charge in [-0.05, 0) is 43.2 Å². The first-order valence-corrected chi connectivity index (χ1v) is 9.16. The number of carboxylic acid groups (broad SMARTS) is 1. The molecular formula is C22H22N4O2. The zero-order chi connectivity index (χ0) is 19.9. The van der Waals surface area contributed by atoms with Crippen LogP contribution in [0.2, 0.25) is 0 Å². The van der Waals surface area contributed by atoms with Gasteiger partial charge >= 0.3 is 5.97 Å². The molecule has 142 valence electrons. The number of aromatic carboxylic acids is 1. The largest absolute Gasteiger partial charge is 0.478 e. The predicted octanol–water partition coefficient (Wildman–Crippen LogP) is 4.57. The van der Waals surface area contributed by atoms with Gasteiger partial charge in [0.05, 0.1) is 17.0 Å². The van der Waals surface area contributed by atoms with E-state index in [9.17, 15) is 4.79 Å². The molecule has 0 saturated carbocycles. The molecule has 0 aliphatic carbocycles. The summed E-state index contributed by atoms with van der Waals surface area (Å²) in [5.41, 5.74) is 3.53. The molecule has 1 aliphatic heterocycles. The molecule has 1 aromatic heterocycles. The third-order valence-corrected chi connectivity index (χ3v) is 4.28. The maximum Gasteiger partial charge on any atom is 0.335 e. The summed E-state index contributed by atoms with van der Waals surface area (Å²) in [4.78, 5) is 19.7. The van der Waals surface area contributed by atoms with Gasteiger partial charge in [0, 0.05) is 29.7 Å². The second-order valence-electron chi connectivity index (χ2n) is 6.31. The number of hydrogen-bond acceptors (Lipinski definition) is 5. The topological polar surface area (TPSA) is 78.1 Å². The first kappa shape index (κ1) is 19.2. The Kier molecular flexibility index (Phi) is 6.11. The third-order valence-electron chi connectivity index (χ3n) is 4.28. The van der Waals surface area contributed by atoms with E-state index in [0.29, 0.717) is 11.5 Å². The number of nitrogens with zero attached hydrogens (tertiary/aromatic N) is 4. The van der Waals surface area contributed by atoms with Crippen molar-refractivity contribution >= 4 is 23.6 Å². The molecule has 28 heavy (non-hydrogen) atoms. The van der Waals surface area contributed by atoms with E-state index in [0.717, 1.165) is 36.1 Å². The average molecular weight is 374 g/mol. The smallest absolute Gasteiger partial charge is 0.335 e. The molecule has 0 fully saturated rings. The number of unbranched alkanes of at least 4 members (excludes halogenated alkanes) is 2. The fourth-order valence-electron chi connectivity index (χ4n) is 2.77. The number of allylic oxidation sites excluding steroid dienone is 1. The first-order valence-electron chi connectivity index (χ1n) is 9.16. The highest BCUT2D eigenvalue weighted by atomic mass is 16.4. The molecule has 0 unspecified atom stereocenters. The Balaban J connectivity index is 1.97. The van der Waals surface area contributed by atoms with Crippen molar-refractivity contribution in [1.29, 1.82) is 0 Å². The monoisotopic (exact) mass is 374 g/mol. The van der Waals surface area contributed by atoms with E-state index in [4.69, 9.17) is 5.11 Å². The molecule has 2 heterocycles. The number of hydrazone groups is 1. The summed E-state index contributed by atoms with van der Waals surface area (Å²) in [7, 11) is 0. The van der Waals surface area contributed by atoms with E-state index in [1.54, 1.807) is 41.7 Å². The zero-order valence-electron chi connectivity index (χ0n) is 15.7. The molecule has 1 N–H and O–H groups in total. The number of carboxylic acids is 1. The van der Waals surface area contributed by atoms with Gasteiger partial charge in [-0.2, -0.15) is 5.10 Å². The summed E-state index contributed by atoms with van der Waals surface area (Å²) in [6.07, 6.45) is 10.3. The minimum Gasteiger partial charge on any atom is -0.478 e. The number of hydrogen-bond donors (Lipinski definition) is 1. The first-order chi connectivity index (χ1) is 13.6. The lowest BCUT2D eigenvalue weighted by Crippen LogP contribution is -2.20. The Bertz CT molecular complexity index is 944. The van der Waals surface area contributed by atoms with E-state index >= 15 is 0 Å². The van der Waals surface area contributed by atoms with E-state index in [-0.39, 0.29) is 5.56 Å². The predicted molar refractivity (Wildman–Crippen MR) is 111 cm³/mol. The Morgan fingerprint density at radius 2 is 1.89 bits per heavy atom. The van der Waals surface area contributed by atoms with Crippen molar-refractivity contribution in [3.63, 3.8) is 0 Å². The standard InChI is InChI=1S/C22H22N4O2/c1-3-4-5-12-24-26-16(2)25-20(15-21(26)18-10-13-23-14-11-18)17-6-8-19(9-7-17)22(27)28/h6-15H,2-5H2,1H3,(H,27,28)/b24-12-. The molecule has 0 bridgehead atoms. The van der Waals surface area contributed by atoms with Crippen molar-refractivity contribution in [1.82, 2.24) is 9.99 Å². The van der Waals surface area contributed by atoms with Crippen molar-refractivity contribution in [3.8, 4) is 0 Å². The second kappa shape index (κ2) is 8.90. The molecule has 0 amide bonds. The van der Waals surface area contributed by atoms with Crippen molar-refractivity contribution in [2.45, 2.75) is 26.2 Å². The second-order valence-corrected chi connectivity index (χ2v) is 6.31. The number of rotatable bonds is 7. The summed E-state index contributed by atoms with van der Waals surface area (Å²) in [6, 6.07) is 10.4. The lowest BCUT2D eigenvalue weighted by molar-refractivity contribution is 0.0697. The average Bonchev–Trinajstić information content (AvgIpc) is 2.72. The molecule has 0 spiro atoms. The minimum atomic E-state index is -0.956. The van der Waals surface area contributed by atoms with Crippen LogP contribution in [0.1, 0.15) is 47.7 Å². The van der Waals surface area contributed by atoms with Crippen molar-refractivity contribution < 1.29 is 9.90 Å². The van der Waals surface area contributed by atoms with Crippen LogP contribution in [0.3, 0.4) is 0 Å². The molecule has 3 rings (SSSR count). The fourth-order valence-corrected chi connectivity index (χ4v) is 2.77. The number of aromatic nitrogens is 1. The van der Waals surface area contributed by atoms with Crippen LogP contribution in [-0.4, -0.2) is 33.0 Å². The molecule has 0 saturated heterocycles. The third kappa shape index (κ3) is 4.40. The summed E-state index contributed by atoms with van der Waals surface area (Å²) in [5, 5.41) is 15.4. The molecule has 2 aromatic rings. The van der Waals surface area contributed by atoms with E-state index in [1.807, 2.05) is 24.4 Å². The van der Waals surface area contributed by atoms with E-state index < -0.39 is 5.97 Å². The van der Waals surface area contributed by atoms with Crippen LogP contribution in [0.15, 0.2) is 77.4 Å². The van der Waals surface area contributed by atoms with Gasteiger partial charge in [-0.15, -0.1) is 0 Å². The lowest BCUT2D eigenvalue weighted by Gasteiger charge is -2.26. The van der Waals surface area contributed by atoms with E-state index in [1.165, 1.54) is 0 Å². The maximum absolute atomic E-state index is 11.1. The zero-order valence-corrected chi connectivity index (χ0v) is 15.7. The maximum atomic E-state index is 11.1. The quantitative estimate of drug-likeness (QED) is 0.569. The summed E-state index contributed by atoms with van der Waals surface area (Å²) >= 11 is 0. The van der Waals surface area contributed by atoms with Crippen molar-refractivity contribution in [3.05, 3.63) is 84.0 Å². The Labute approximate surface area is 164 Å². The van der Waals surface area contributed by atoms with Gasteiger partial charge < -0.3 is 5.11 Å². The van der Waals surface area contributed by atoms with Crippen LogP contribution >= 0.6 is 0 Å². The number of aliphatic imine (C=N–C) groups is 1. The van der Waals surface area contributed by atoms with Gasteiger partial charge in [0.15, 0.2) is 0 Å². The minimum absolute atomic E-state index is 0.236. The summed E-state index contributed by atoms with van der Waals surface area (Å²) in [5.74, 6) is -0.457. The number of pyridine rings is 1. The van der Waals surface area contributed by atoms with Crippen LogP contribution in [-0.2, 0) is 0 Å². The van der Waals surface area contributed by atoms with Gasteiger partial charge in [-0.1, -0.05) is 32.1 Å². The summed E-state index contributed by atoms with van der Waals surface area (Å²) < 4.78 is 0. The molecule has 0 atom stereocenters. The molecule has 0 radical (unpaired) electrons. The number of carbonyl (C=O) groups is 1. The Morgan fingerprint density at radius 3 is 2.54 bits per heavy atom. The Hall–Kier alpha value is -3.54. The van der Waals surface area contributed by atoms with Crippen LogP contribution in [0.5, 0.6) is 0 Å². The van der Waals surface area contributed by atoms with Gasteiger partial charge in [0.2, 0.25) is 0 Å². The highest BCUT2D eigenvalue weighted by Crippen LogP contribution is 2.29. The van der Waals surface area contributed by atoms with Crippen molar-refractivity contribution in [2.24, 2.45) is 10.1 Å². The summed E-state index contributed by atoms with van der Waals surface area (Å²) in [6.45, 7) is 6.21. The van der Waals surface area contributed by atoms with Crippen LogP contribution < -0.4 is 0 Å². The molecule has 6 heteroatoms. The highest BCUT2D eigenvalue weighted by Gasteiger charge is 2.20. The Morgan fingerprint density at radius 1 is 1.18 bits per heavy atom. The van der Waals surface area contributed by atoms with Gasteiger partial charge in [-0.25, -0.2) is 14.8 Å². The van der Waals surface area contributed by atoms with E-state index in [2.05, 4.69) is 28.6 Å². The van der Waals surface area contributed by atoms with Gasteiger partial charge in [-0.3, -0.25) is 4.98 Å². The van der Waals surface area contributed by atoms with Crippen LogP contribution in [0.4, 0.5) is 0 Å². The van der Waals surface area contributed by atoms with Crippen LogP contribution in [0, 0.1) is 0 Å². The fraction of sp³-hybridized carbons (Fsp3) is 0.182. The molecule has 1 aromatic carbocycles. The SMILES string of the molecule is C=C1N=C(c2ccc(C(=O)O)cc2)C=C(c2ccncc2)N1/N=C\CCCC. The highest BCUT2D eigenvalue weighted by molar-refractivity contribution is 6.13. The lowest BCUT2D eigenvalue weighted by atomic mass is 10.0. The van der Waals surface area contributed by atoms with Crippen LogP contribution in [0.25, 0.3) is 5.70 Å². The van der Waals surface area contributed by atoms with Crippen molar-refractivity contribution in [2.75, 3.05) is 0 Å². The van der Waals surface area contributed by atoms with Gasteiger partial charge in [0.1, 0.15) is 5.82 Å². The molecular weight excluding hydrogens is 352 g/mol. The molecule has 1 aliphatic rings. The van der Waals surface area contributed by atoms with Gasteiger partial charge in [0.25, 0.3) is 0 Å². The normalized spacial score (nSPS) is 14.2. The number of benzene rings is 1.